The normalized spacial score (nSPS) is 14.1. The molecule has 0 unspecified atom stereocenters. The Kier molecular flexibility index (Phi) is 4.95. The number of furan rings is 1. The Bertz CT molecular complexity index is 1220. The van der Waals surface area contributed by atoms with Crippen molar-refractivity contribution in [2.45, 2.75) is 6.92 Å². The van der Waals surface area contributed by atoms with E-state index in [-0.39, 0.29) is 6.03 Å². The highest BCUT2D eigenvalue weighted by atomic mass is 16.3. The summed E-state index contributed by atoms with van der Waals surface area (Å²) in [5.74, 6) is 0.786. The molecule has 1 saturated heterocycles. The van der Waals surface area contributed by atoms with Crippen LogP contribution in [0.3, 0.4) is 0 Å². The van der Waals surface area contributed by atoms with Crippen molar-refractivity contribution in [3.05, 3.63) is 66.9 Å². The number of rotatable bonds is 3. The smallest absolute Gasteiger partial charge is 0.321 e. The fraction of sp³-hybridized carbons (Fsp3) is 0.217. The summed E-state index contributed by atoms with van der Waals surface area (Å²) in [5, 5.41) is 2.98. The fourth-order valence-corrected chi connectivity index (χ4v) is 3.78. The van der Waals surface area contributed by atoms with E-state index >= 15 is 0 Å². The average Bonchev–Trinajstić information content (AvgIpc) is 3.33. The van der Waals surface area contributed by atoms with Crippen LogP contribution in [0.2, 0.25) is 0 Å². The van der Waals surface area contributed by atoms with Crippen molar-refractivity contribution in [1.82, 2.24) is 19.9 Å². The van der Waals surface area contributed by atoms with Crippen LogP contribution in [0.4, 0.5) is 16.3 Å². The van der Waals surface area contributed by atoms with Crippen molar-refractivity contribution in [2.75, 3.05) is 36.4 Å². The van der Waals surface area contributed by atoms with Gasteiger partial charge in [0, 0.05) is 37.4 Å². The number of hydrogen-bond acceptors (Lipinski definition) is 6. The lowest BCUT2D eigenvalue weighted by Crippen LogP contribution is -2.50. The fourth-order valence-electron chi connectivity index (χ4n) is 3.78. The number of nitrogens with zero attached hydrogens (tertiary/aromatic N) is 5. The topological polar surface area (TPSA) is 87.4 Å². The molecule has 2 amide bonds. The number of hydrogen-bond donors (Lipinski definition) is 1. The zero-order valence-electron chi connectivity index (χ0n) is 17.2. The molecule has 8 heteroatoms. The van der Waals surface area contributed by atoms with Gasteiger partial charge in [0.25, 0.3) is 0 Å². The van der Waals surface area contributed by atoms with Crippen LogP contribution in [0.1, 0.15) is 5.56 Å². The highest BCUT2D eigenvalue weighted by molar-refractivity contribution is 5.90. The van der Waals surface area contributed by atoms with E-state index in [0.717, 1.165) is 39.4 Å². The Morgan fingerprint density at radius 2 is 1.94 bits per heavy atom. The molecular weight excluding hydrogens is 392 g/mol. The molecule has 8 nitrogen and oxygen atoms in total. The molecule has 1 aliphatic rings. The minimum Gasteiger partial charge on any atom is -0.472 e. The Hall–Kier alpha value is -3.94. The molecule has 1 fully saturated rings. The van der Waals surface area contributed by atoms with E-state index < -0.39 is 0 Å². The van der Waals surface area contributed by atoms with Gasteiger partial charge < -0.3 is 19.5 Å². The lowest BCUT2D eigenvalue weighted by Gasteiger charge is -2.35. The maximum Gasteiger partial charge on any atom is 0.321 e. The molecule has 3 aromatic heterocycles. The number of aromatic nitrogens is 3. The summed E-state index contributed by atoms with van der Waals surface area (Å²) >= 11 is 0. The van der Waals surface area contributed by atoms with E-state index in [1.165, 1.54) is 0 Å². The van der Waals surface area contributed by atoms with Crippen LogP contribution >= 0.6 is 0 Å². The first-order valence-corrected chi connectivity index (χ1v) is 10.2. The summed E-state index contributed by atoms with van der Waals surface area (Å²) in [6.07, 6.45) is 4.86. The van der Waals surface area contributed by atoms with Crippen LogP contribution in [0.25, 0.3) is 22.3 Å². The number of amides is 2. The van der Waals surface area contributed by atoms with Gasteiger partial charge in [-0.2, -0.15) is 0 Å². The number of piperazine rings is 1. The van der Waals surface area contributed by atoms with Gasteiger partial charge >= 0.3 is 6.03 Å². The summed E-state index contributed by atoms with van der Waals surface area (Å²) in [6, 6.07) is 13.5. The molecule has 4 aromatic rings. The van der Waals surface area contributed by atoms with Crippen molar-refractivity contribution >= 4 is 28.6 Å². The number of nitrogens with one attached hydrogen (secondary N) is 1. The van der Waals surface area contributed by atoms with Crippen LogP contribution < -0.4 is 10.2 Å². The van der Waals surface area contributed by atoms with Gasteiger partial charge in [-0.1, -0.05) is 12.1 Å². The first kappa shape index (κ1) is 19.0. The van der Waals surface area contributed by atoms with E-state index in [2.05, 4.69) is 20.2 Å². The summed E-state index contributed by atoms with van der Waals surface area (Å²) in [7, 11) is 0. The second-order valence-corrected chi connectivity index (χ2v) is 7.55. The molecule has 0 atom stereocenters. The predicted molar refractivity (Wildman–Crippen MR) is 119 cm³/mol. The lowest BCUT2D eigenvalue weighted by atomic mass is 10.2. The van der Waals surface area contributed by atoms with Gasteiger partial charge in [0.05, 0.1) is 23.7 Å². The molecule has 0 radical (unpaired) electrons. The first-order chi connectivity index (χ1) is 15.2. The minimum absolute atomic E-state index is 0.0850. The van der Waals surface area contributed by atoms with Crippen LogP contribution in [-0.2, 0) is 0 Å². The van der Waals surface area contributed by atoms with Gasteiger partial charge in [0.15, 0.2) is 5.82 Å². The average molecular weight is 414 g/mol. The second kappa shape index (κ2) is 8.06. The van der Waals surface area contributed by atoms with Crippen molar-refractivity contribution in [1.29, 1.82) is 0 Å². The van der Waals surface area contributed by atoms with Crippen molar-refractivity contribution < 1.29 is 9.21 Å². The summed E-state index contributed by atoms with van der Waals surface area (Å²) in [5.41, 5.74) is 5.18. The number of carbonyl (C=O) groups is 1. The van der Waals surface area contributed by atoms with Crippen molar-refractivity contribution in [3.8, 4) is 11.3 Å². The molecule has 1 aromatic carbocycles. The lowest BCUT2D eigenvalue weighted by molar-refractivity contribution is 0.208. The largest absolute Gasteiger partial charge is 0.472 e. The van der Waals surface area contributed by atoms with Crippen LogP contribution in [0, 0.1) is 6.92 Å². The number of aryl methyl sites for hydroxylation is 1. The van der Waals surface area contributed by atoms with Crippen LogP contribution in [0.5, 0.6) is 0 Å². The number of carbonyl (C=O) groups excluding carboxylic acids is 1. The summed E-state index contributed by atoms with van der Waals surface area (Å²) in [6.45, 7) is 4.55. The van der Waals surface area contributed by atoms with Crippen LogP contribution in [-0.4, -0.2) is 52.1 Å². The Labute approximate surface area is 179 Å². The maximum absolute atomic E-state index is 12.7. The third-order valence-electron chi connectivity index (χ3n) is 5.42. The first-order valence-electron chi connectivity index (χ1n) is 10.2. The standard InChI is InChI=1S/C23H22N6O2/c1-16-3-2-4-18(13-16)26-23(30)29-10-8-28(9-11-29)22-21-20(24-15-25-22)6-5-19(27-21)17-7-12-31-14-17/h2-7,12-15H,8-11H2,1H3,(H,26,30). The molecule has 0 aliphatic carbocycles. The van der Waals surface area contributed by atoms with Gasteiger partial charge in [-0.05, 0) is 42.8 Å². The molecule has 5 rings (SSSR count). The van der Waals surface area contributed by atoms with Crippen LogP contribution in [0.15, 0.2) is 65.7 Å². The molecule has 1 N–H and O–H groups in total. The molecule has 0 bridgehead atoms. The van der Waals surface area contributed by atoms with Gasteiger partial charge in [0.1, 0.15) is 11.8 Å². The molecule has 4 heterocycles. The molecule has 0 saturated carbocycles. The second-order valence-electron chi connectivity index (χ2n) is 7.55. The summed E-state index contributed by atoms with van der Waals surface area (Å²) in [4.78, 5) is 30.3. The zero-order chi connectivity index (χ0) is 21.2. The molecule has 156 valence electrons. The maximum atomic E-state index is 12.7. The predicted octanol–water partition coefficient (Wildman–Crippen LogP) is 3.95. The van der Waals surface area contributed by atoms with Crippen molar-refractivity contribution in [2.24, 2.45) is 0 Å². The Balaban J connectivity index is 1.32. The van der Waals surface area contributed by atoms with E-state index in [9.17, 15) is 4.79 Å². The Morgan fingerprint density at radius 3 is 2.71 bits per heavy atom. The third kappa shape index (κ3) is 3.92. The van der Waals surface area contributed by atoms with E-state index in [1.54, 1.807) is 18.9 Å². The van der Waals surface area contributed by atoms with E-state index in [4.69, 9.17) is 9.40 Å². The SMILES string of the molecule is Cc1cccc(NC(=O)N2CCN(c3ncnc4ccc(-c5ccoc5)nc34)CC2)c1. The molecule has 31 heavy (non-hydrogen) atoms. The number of anilines is 2. The van der Waals surface area contributed by atoms with Gasteiger partial charge in [0.2, 0.25) is 0 Å². The molecule has 0 spiro atoms. The summed E-state index contributed by atoms with van der Waals surface area (Å²) < 4.78 is 5.19. The highest BCUT2D eigenvalue weighted by Gasteiger charge is 2.24. The highest BCUT2D eigenvalue weighted by Crippen LogP contribution is 2.26. The van der Waals surface area contributed by atoms with Crippen molar-refractivity contribution in [3.63, 3.8) is 0 Å². The monoisotopic (exact) mass is 414 g/mol. The third-order valence-corrected chi connectivity index (χ3v) is 5.42. The van der Waals surface area contributed by atoms with E-state index in [0.29, 0.717) is 26.2 Å². The van der Waals surface area contributed by atoms with Gasteiger partial charge in [-0.15, -0.1) is 0 Å². The van der Waals surface area contributed by atoms with Gasteiger partial charge in [-0.3, -0.25) is 0 Å². The number of pyridine rings is 1. The Morgan fingerprint density at radius 1 is 1.06 bits per heavy atom. The number of fused-ring (bicyclic) bond motifs is 1. The minimum atomic E-state index is -0.0850. The molecule has 1 aliphatic heterocycles. The quantitative estimate of drug-likeness (QED) is 0.546. The zero-order valence-corrected chi connectivity index (χ0v) is 17.2. The number of benzene rings is 1. The van der Waals surface area contributed by atoms with Gasteiger partial charge in [-0.25, -0.2) is 19.7 Å². The van der Waals surface area contributed by atoms with E-state index in [1.807, 2.05) is 54.3 Å². The molecular formula is C23H22N6O2. The number of urea groups is 1.